The van der Waals surface area contributed by atoms with Crippen molar-refractivity contribution in [2.24, 2.45) is 0 Å². The highest BCUT2D eigenvalue weighted by Crippen LogP contribution is 2.22. The molecule has 2 rings (SSSR count). The molecule has 1 aliphatic carbocycles. The normalized spacial score (nSPS) is 13.1. The molecule has 0 saturated carbocycles. The van der Waals surface area contributed by atoms with E-state index in [4.69, 9.17) is 0 Å². The molecule has 1 radical (unpaired) electrons. The first-order valence-electron chi connectivity index (χ1n) is 3.73. The van der Waals surface area contributed by atoms with Crippen LogP contribution in [0, 0.1) is 6.08 Å². The van der Waals surface area contributed by atoms with Gasteiger partial charge in [0.15, 0.2) is 0 Å². The zero-order valence-corrected chi connectivity index (χ0v) is 6.30. The Morgan fingerprint density at radius 2 is 2.36 bits per heavy atom. The smallest absolute Gasteiger partial charge is 0.00165 e. The molecule has 11 heavy (non-hydrogen) atoms. The predicted octanol–water partition coefficient (Wildman–Crippen LogP) is 2.70. The molecule has 0 atom stereocenters. The Labute approximate surface area is 66.9 Å². The summed E-state index contributed by atoms with van der Waals surface area (Å²) >= 11 is 0. The van der Waals surface area contributed by atoms with E-state index < -0.39 is 0 Å². The maximum atomic E-state index is 3.76. The van der Waals surface area contributed by atoms with E-state index >= 15 is 0 Å². The van der Waals surface area contributed by atoms with Gasteiger partial charge in [-0.1, -0.05) is 36.9 Å². The van der Waals surface area contributed by atoms with Gasteiger partial charge in [0.2, 0.25) is 0 Å². The average molecular weight is 141 g/mol. The van der Waals surface area contributed by atoms with Crippen LogP contribution in [0.15, 0.2) is 24.8 Å². The summed E-state index contributed by atoms with van der Waals surface area (Å²) in [5.41, 5.74) is 3.87. The van der Waals surface area contributed by atoms with Crippen LogP contribution < -0.4 is 0 Å². The first kappa shape index (κ1) is 6.41. The fraction of sp³-hybridized carbons (Fsp3) is 0.0909. The van der Waals surface area contributed by atoms with Gasteiger partial charge in [0.1, 0.15) is 0 Å². The highest BCUT2D eigenvalue weighted by Gasteiger charge is 2.06. The first-order valence-corrected chi connectivity index (χ1v) is 3.73. The molecule has 0 heteroatoms. The maximum Gasteiger partial charge on any atom is -0.00165 e. The Hall–Kier alpha value is -1.30. The Kier molecular flexibility index (Phi) is 1.39. The van der Waals surface area contributed by atoms with Gasteiger partial charge in [-0.3, -0.25) is 0 Å². The number of hydrogen-bond donors (Lipinski definition) is 0. The molecule has 1 aromatic carbocycles. The molecule has 0 nitrogen and oxygen atoms in total. The molecule has 1 aliphatic rings. The van der Waals surface area contributed by atoms with Crippen LogP contribution in [0.2, 0.25) is 0 Å². The summed E-state index contributed by atoms with van der Waals surface area (Å²) in [6.45, 7) is 3.76. The lowest BCUT2D eigenvalue weighted by atomic mass is 10.0. The summed E-state index contributed by atoms with van der Waals surface area (Å²) in [5.74, 6) is 0. The highest BCUT2D eigenvalue weighted by molar-refractivity contribution is 5.69. The van der Waals surface area contributed by atoms with E-state index in [1.54, 1.807) is 0 Å². The van der Waals surface area contributed by atoms with Crippen LogP contribution in [0.5, 0.6) is 0 Å². The van der Waals surface area contributed by atoms with Crippen LogP contribution in [0.1, 0.15) is 16.7 Å². The van der Waals surface area contributed by atoms with E-state index in [1.165, 1.54) is 16.7 Å². The monoisotopic (exact) mass is 141 g/mol. The third kappa shape index (κ3) is 0.911. The van der Waals surface area contributed by atoms with E-state index in [-0.39, 0.29) is 0 Å². The van der Waals surface area contributed by atoms with Crippen molar-refractivity contribution < 1.29 is 0 Å². The molecule has 1 aromatic rings. The molecule has 0 aliphatic heterocycles. The summed E-state index contributed by atoms with van der Waals surface area (Å²) in [7, 11) is 0. The summed E-state index contributed by atoms with van der Waals surface area (Å²) in [6, 6.07) is 6.28. The molecule has 53 valence electrons. The molecule has 0 spiro atoms. The molecule has 0 fully saturated rings. The van der Waals surface area contributed by atoms with Crippen molar-refractivity contribution in [1.82, 2.24) is 0 Å². The third-order valence-electron chi connectivity index (χ3n) is 1.99. The second-order valence-electron chi connectivity index (χ2n) is 2.65. The van der Waals surface area contributed by atoms with Crippen molar-refractivity contribution in [2.45, 2.75) is 6.42 Å². The van der Waals surface area contributed by atoms with Gasteiger partial charge in [-0.15, -0.1) is 0 Å². The molecule has 0 bridgehead atoms. The van der Waals surface area contributed by atoms with Gasteiger partial charge in [-0.25, -0.2) is 0 Å². The zero-order valence-electron chi connectivity index (χ0n) is 6.30. The van der Waals surface area contributed by atoms with Crippen LogP contribution in [0.4, 0.5) is 0 Å². The molecule has 0 unspecified atom stereocenters. The summed E-state index contributed by atoms with van der Waals surface area (Å²) in [6.07, 6.45) is 8.08. The minimum absolute atomic E-state index is 0.955. The van der Waals surface area contributed by atoms with Crippen LogP contribution >= 0.6 is 0 Å². The SMILES string of the molecule is C=Cc1cccc2c1C=[C]C2. The zero-order chi connectivity index (χ0) is 7.68. The van der Waals surface area contributed by atoms with Gasteiger partial charge >= 0.3 is 0 Å². The highest BCUT2D eigenvalue weighted by atomic mass is 14.1. The lowest BCUT2D eigenvalue weighted by Gasteiger charge is -2.01. The van der Waals surface area contributed by atoms with Gasteiger partial charge in [0.25, 0.3) is 0 Å². The number of rotatable bonds is 1. The Bertz CT molecular complexity index is 319. The Morgan fingerprint density at radius 3 is 3.18 bits per heavy atom. The largest absolute Gasteiger partial charge is 0.0984 e. The second-order valence-corrected chi connectivity index (χ2v) is 2.65. The molecule has 0 aromatic heterocycles. The molecule has 0 N–H and O–H groups in total. The van der Waals surface area contributed by atoms with E-state index in [0.717, 1.165) is 6.42 Å². The molecule has 0 amide bonds. The lowest BCUT2D eigenvalue weighted by Crippen LogP contribution is -1.83. The Morgan fingerprint density at radius 1 is 1.45 bits per heavy atom. The molecular weight excluding hydrogens is 132 g/mol. The van der Waals surface area contributed by atoms with Gasteiger partial charge in [-0.2, -0.15) is 0 Å². The van der Waals surface area contributed by atoms with Gasteiger partial charge in [0, 0.05) is 0 Å². The molecule has 0 saturated heterocycles. The second kappa shape index (κ2) is 2.39. The van der Waals surface area contributed by atoms with Gasteiger partial charge in [-0.05, 0) is 29.2 Å². The van der Waals surface area contributed by atoms with Crippen molar-refractivity contribution in [3.05, 3.63) is 47.5 Å². The van der Waals surface area contributed by atoms with E-state index in [0.29, 0.717) is 0 Å². The lowest BCUT2D eigenvalue weighted by molar-refractivity contribution is 1.28. The van der Waals surface area contributed by atoms with Crippen molar-refractivity contribution in [2.75, 3.05) is 0 Å². The number of benzene rings is 1. The van der Waals surface area contributed by atoms with Crippen LogP contribution in [0.25, 0.3) is 12.2 Å². The van der Waals surface area contributed by atoms with Crippen molar-refractivity contribution in [1.29, 1.82) is 0 Å². The topological polar surface area (TPSA) is 0 Å². The van der Waals surface area contributed by atoms with Crippen LogP contribution in [-0.2, 0) is 6.42 Å². The standard InChI is InChI=1S/C11H9/c1-2-9-5-3-6-10-7-4-8-11(9)10/h2-3,5-6,8H,1,7H2. The van der Waals surface area contributed by atoms with Crippen molar-refractivity contribution in [3.8, 4) is 0 Å². The van der Waals surface area contributed by atoms with Gasteiger partial charge < -0.3 is 0 Å². The fourth-order valence-electron chi connectivity index (χ4n) is 1.40. The minimum Gasteiger partial charge on any atom is -0.0984 e. The number of allylic oxidation sites excluding steroid dienone is 1. The third-order valence-corrected chi connectivity index (χ3v) is 1.99. The maximum absolute atomic E-state index is 3.76. The van der Waals surface area contributed by atoms with Gasteiger partial charge in [0.05, 0.1) is 0 Å². The number of hydrogen-bond acceptors (Lipinski definition) is 0. The first-order chi connectivity index (χ1) is 5.42. The van der Waals surface area contributed by atoms with Crippen molar-refractivity contribution >= 4 is 12.2 Å². The van der Waals surface area contributed by atoms with E-state index in [1.807, 2.05) is 12.2 Å². The predicted molar refractivity (Wildman–Crippen MR) is 47.9 cm³/mol. The minimum atomic E-state index is 0.955. The Balaban J connectivity index is 2.66. The van der Waals surface area contributed by atoms with E-state index in [9.17, 15) is 0 Å². The van der Waals surface area contributed by atoms with Crippen LogP contribution in [-0.4, -0.2) is 0 Å². The van der Waals surface area contributed by atoms with Crippen LogP contribution in [0.3, 0.4) is 0 Å². The molecular formula is C11H9. The summed E-state index contributed by atoms with van der Waals surface area (Å²) < 4.78 is 0. The fourth-order valence-corrected chi connectivity index (χ4v) is 1.40. The quantitative estimate of drug-likeness (QED) is 0.564. The van der Waals surface area contributed by atoms with E-state index in [2.05, 4.69) is 30.9 Å². The molecule has 0 heterocycles. The average Bonchev–Trinajstić information content (AvgIpc) is 2.50. The summed E-state index contributed by atoms with van der Waals surface area (Å²) in [5, 5.41) is 0. The summed E-state index contributed by atoms with van der Waals surface area (Å²) in [4.78, 5) is 0. The number of fused-ring (bicyclic) bond motifs is 1. The van der Waals surface area contributed by atoms with Crippen molar-refractivity contribution in [3.63, 3.8) is 0 Å².